The van der Waals surface area contributed by atoms with Crippen LogP contribution in [0.2, 0.25) is 0 Å². The second kappa shape index (κ2) is 4.10. The fourth-order valence-electron chi connectivity index (χ4n) is 1.47. The van der Waals surface area contributed by atoms with Crippen molar-refractivity contribution >= 4 is 5.97 Å². The number of carboxylic acid groups (broad SMARTS) is 1. The highest BCUT2D eigenvalue weighted by Crippen LogP contribution is 2.31. The molecular weight excluding hydrogens is 208 g/mol. The molecule has 0 saturated heterocycles. The van der Waals surface area contributed by atoms with Gasteiger partial charge >= 0.3 is 5.97 Å². The van der Waals surface area contributed by atoms with E-state index in [1.165, 1.54) is 25.5 Å². The normalized spacial score (nSPS) is 10.1. The number of carbonyl (C=O) groups is 1. The van der Waals surface area contributed by atoms with Gasteiger partial charge in [0.15, 0.2) is 0 Å². The Hall–Kier alpha value is -2.23. The summed E-state index contributed by atoms with van der Waals surface area (Å²) in [7, 11) is 1.53. The molecule has 0 unspecified atom stereocenters. The van der Waals surface area contributed by atoms with Gasteiger partial charge in [-0.2, -0.15) is 0 Å². The molecule has 0 radical (unpaired) electrons. The van der Waals surface area contributed by atoms with Crippen molar-refractivity contribution in [3.63, 3.8) is 0 Å². The van der Waals surface area contributed by atoms with E-state index in [9.17, 15) is 4.79 Å². The monoisotopic (exact) mass is 218 g/mol. The third-order valence-corrected chi connectivity index (χ3v) is 2.23. The summed E-state index contributed by atoms with van der Waals surface area (Å²) >= 11 is 0. The van der Waals surface area contributed by atoms with Gasteiger partial charge in [-0.25, -0.2) is 4.79 Å². The van der Waals surface area contributed by atoms with Crippen LogP contribution in [0.5, 0.6) is 5.75 Å². The van der Waals surface area contributed by atoms with Crippen LogP contribution in [0.3, 0.4) is 0 Å². The molecular formula is C12H10O4. The standard InChI is InChI=1S/C12H10O4/c1-15-10-5-4-8(12(13)14)7-9(10)11-3-2-6-16-11/h2-7H,1H3,(H,13,14). The minimum atomic E-state index is -0.976. The van der Waals surface area contributed by atoms with Gasteiger partial charge in [0, 0.05) is 0 Å². The van der Waals surface area contributed by atoms with Crippen LogP contribution in [-0.2, 0) is 0 Å². The van der Waals surface area contributed by atoms with E-state index < -0.39 is 5.97 Å². The molecule has 2 rings (SSSR count). The average Bonchev–Trinajstić information content (AvgIpc) is 2.81. The fourth-order valence-corrected chi connectivity index (χ4v) is 1.47. The molecule has 0 bridgehead atoms. The van der Waals surface area contributed by atoms with Gasteiger partial charge in [0.1, 0.15) is 11.5 Å². The van der Waals surface area contributed by atoms with Crippen molar-refractivity contribution in [2.24, 2.45) is 0 Å². The van der Waals surface area contributed by atoms with Gasteiger partial charge < -0.3 is 14.3 Å². The number of benzene rings is 1. The number of hydrogen-bond donors (Lipinski definition) is 1. The quantitative estimate of drug-likeness (QED) is 0.860. The van der Waals surface area contributed by atoms with Crippen molar-refractivity contribution in [2.45, 2.75) is 0 Å². The molecule has 4 nitrogen and oxygen atoms in total. The maximum absolute atomic E-state index is 10.9. The predicted molar refractivity (Wildman–Crippen MR) is 57.7 cm³/mol. The van der Waals surface area contributed by atoms with E-state index in [2.05, 4.69) is 0 Å². The van der Waals surface area contributed by atoms with Gasteiger partial charge in [0.25, 0.3) is 0 Å². The van der Waals surface area contributed by atoms with Crippen LogP contribution in [0, 0.1) is 0 Å². The summed E-state index contributed by atoms with van der Waals surface area (Å²) < 4.78 is 10.4. The van der Waals surface area contributed by atoms with E-state index in [1.54, 1.807) is 18.2 Å². The van der Waals surface area contributed by atoms with Crippen molar-refractivity contribution < 1.29 is 19.1 Å². The lowest BCUT2D eigenvalue weighted by Gasteiger charge is -2.06. The van der Waals surface area contributed by atoms with Crippen LogP contribution in [0.25, 0.3) is 11.3 Å². The van der Waals surface area contributed by atoms with Gasteiger partial charge in [-0.15, -0.1) is 0 Å². The lowest BCUT2D eigenvalue weighted by Crippen LogP contribution is -1.97. The fraction of sp³-hybridized carbons (Fsp3) is 0.0833. The highest BCUT2D eigenvalue weighted by atomic mass is 16.5. The smallest absolute Gasteiger partial charge is 0.335 e. The van der Waals surface area contributed by atoms with Crippen molar-refractivity contribution in [3.8, 4) is 17.1 Å². The second-order valence-electron chi connectivity index (χ2n) is 3.20. The number of aromatic carboxylic acids is 1. The first-order chi connectivity index (χ1) is 7.72. The summed E-state index contributed by atoms with van der Waals surface area (Å²) in [5.41, 5.74) is 0.833. The van der Waals surface area contributed by atoms with Gasteiger partial charge in [0.05, 0.1) is 24.5 Å². The molecule has 0 aliphatic carbocycles. The Morgan fingerprint density at radius 3 is 2.75 bits per heavy atom. The predicted octanol–water partition coefficient (Wildman–Crippen LogP) is 2.65. The molecule has 0 fully saturated rings. The molecule has 0 saturated carbocycles. The first kappa shape index (κ1) is 10.3. The van der Waals surface area contributed by atoms with Crippen LogP contribution >= 0.6 is 0 Å². The first-order valence-electron chi connectivity index (χ1n) is 4.67. The third-order valence-electron chi connectivity index (χ3n) is 2.23. The molecule has 16 heavy (non-hydrogen) atoms. The summed E-state index contributed by atoms with van der Waals surface area (Å²) in [6.45, 7) is 0. The molecule has 0 atom stereocenters. The second-order valence-corrected chi connectivity index (χ2v) is 3.20. The highest BCUT2D eigenvalue weighted by Gasteiger charge is 2.12. The Bertz CT molecular complexity index is 500. The molecule has 0 aliphatic heterocycles. The summed E-state index contributed by atoms with van der Waals surface area (Å²) in [5.74, 6) is 0.190. The maximum atomic E-state index is 10.9. The molecule has 2 aromatic rings. The van der Waals surface area contributed by atoms with E-state index in [0.29, 0.717) is 17.1 Å². The molecule has 82 valence electrons. The van der Waals surface area contributed by atoms with E-state index in [0.717, 1.165) is 0 Å². The van der Waals surface area contributed by atoms with Crippen molar-refractivity contribution in [1.29, 1.82) is 0 Å². The Morgan fingerprint density at radius 2 is 2.19 bits per heavy atom. The van der Waals surface area contributed by atoms with Crippen LogP contribution in [-0.4, -0.2) is 18.2 Å². The third kappa shape index (κ3) is 1.77. The van der Waals surface area contributed by atoms with Gasteiger partial charge in [-0.05, 0) is 30.3 Å². The number of methoxy groups -OCH3 is 1. The van der Waals surface area contributed by atoms with E-state index in [-0.39, 0.29) is 5.56 Å². The largest absolute Gasteiger partial charge is 0.496 e. The topological polar surface area (TPSA) is 59.7 Å². The van der Waals surface area contributed by atoms with Crippen LogP contribution < -0.4 is 4.74 Å². The molecule has 4 heteroatoms. The SMILES string of the molecule is COc1ccc(C(=O)O)cc1-c1ccco1. The van der Waals surface area contributed by atoms with Crippen molar-refractivity contribution in [3.05, 3.63) is 42.2 Å². The van der Waals surface area contributed by atoms with Crippen LogP contribution in [0.15, 0.2) is 41.0 Å². The average molecular weight is 218 g/mol. The zero-order valence-corrected chi connectivity index (χ0v) is 8.64. The maximum Gasteiger partial charge on any atom is 0.335 e. The molecule has 1 aromatic carbocycles. The van der Waals surface area contributed by atoms with Gasteiger partial charge in [-0.1, -0.05) is 0 Å². The Labute approximate surface area is 92.1 Å². The zero-order valence-electron chi connectivity index (χ0n) is 8.64. The summed E-state index contributed by atoms with van der Waals surface area (Å²) in [4.78, 5) is 10.9. The summed E-state index contributed by atoms with van der Waals surface area (Å²) in [5, 5.41) is 8.90. The van der Waals surface area contributed by atoms with Crippen molar-refractivity contribution in [1.82, 2.24) is 0 Å². The molecule has 0 aliphatic rings. The van der Waals surface area contributed by atoms with Crippen LogP contribution in [0.4, 0.5) is 0 Å². The molecule has 1 heterocycles. The lowest BCUT2D eigenvalue weighted by atomic mass is 10.1. The van der Waals surface area contributed by atoms with Gasteiger partial charge in [-0.3, -0.25) is 0 Å². The number of hydrogen-bond acceptors (Lipinski definition) is 3. The number of ether oxygens (including phenoxy) is 1. The van der Waals surface area contributed by atoms with E-state index in [1.807, 2.05) is 0 Å². The summed E-state index contributed by atoms with van der Waals surface area (Å²) in [6.07, 6.45) is 1.53. The first-order valence-corrected chi connectivity index (χ1v) is 4.67. The molecule has 1 N–H and O–H groups in total. The zero-order chi connectivity index (χ0) is 11.5. The van der Waals surface area contributed by atoms with E-state index in [4.69, 9.17) is 14.3 Å². The molecule has 1 aromatic heterocycles. The van der Waals surface area contributed by atoms with Crippen LogP contribution in [0.1, 0.15) is 10.4 Å². The Kier molecular flexibility index (Phi) is 2.64. The Morgan fingerprint density at radius 1 is 1.38 bits per heavy atom. The number of rotatable bonds is 3. The lowest BCUT2D eigenvalue weighted by molar-refractivity contribution is 0.0697. The summed E-state index contributed by atoms with van der Waals surface area (Å²) in [6, 6.07) is 8.13. The van der Waals surface area contributed by atoms with Gasteiger partial charge in [0.2, 0.25) is 0 Å². The minimum Gasteiger partial charge on any atom is -0.496 e. The molecule has 0 spiro atoms. The molecule has 0 amide bonds. The number of furan rings is 1. The van der Waals surface area contributed by atoms with Crippen molar-refractivity contribution in [2.75, 3.05) is 7.11 Å². The number of carboxylic acids is 1. The minimum absolute atomic E-state index is 0.201. The highest BCUT2D eigenvalue weighted by molar-refractivity contribution is 5.90. The Balaban J connectivity index is 2.56. The van der Waals surface area contributed by atoms with E-state index >= 15 is 0 Å².